The maximum Gasteiger partial charge on any atom is 0.282 e. The molecular formula is C20H19NO3S. The molecule has 0 amide bonds. The molecule has 0 spiro atoms. The summed E-state index contributed by atoms with van der Waals surface area (Å²) in [6, 6.07) is 13.1. The van der Waals surface area contributed by atoms with Crippen LogP contribution in [-0.4, -0.2) is 10.8 Å². The SMILES string of the molecule is CCc1cc(C)ccc1Oc1ncc(Oc2ccc(C(C)=O)cc2)s1. The van der Waals surface area contributed by atoms with Crippen molar-refractivity contribution in [3.63, 3.8) is 0 Å². The van der Waals surface area contributed by atoms with Crippen molar-refractivity contribution >= 4 is 17.1 Å². The van der Waals surface area contributed by atoms with Gasteiger partial charge in [0.25, 0.3) is 5.19 Å². The van der Waals surface area contributed by atoms with Crippen molar-refractivity contribution < 1.29 is 14.3 Å². The van der Waals surface area contributed by atoms with Gasteiger partial charge in [-0.25, -0.2) is 4.98 Å². The number of thiazole rings is 1. The molecule has 0 aliphatic rings. The average molecular weight is 353 g/mol. The number of nitrogens with zero attached hydrogens (tertiary/aromatic N) is 1. The maximum absolute atomic E-state index is 11.3. The lowest BCUT2D eigenvalue weighted by Gasteiger charge is -2.08. The second-order valence-electron chi connectivity index (χ2n) is 5.69. The fourth-order valence-corrected chi connectivity index (χ4v) is 3.04. The van der Waals surface area contributed by atoms with Gasteiger partial charge in [0.2, 0.25) is 5.06 Å². The fraction of sp³-hybridized carbons (Fsp3) is 0.200. The summed E-state index contributed by atoms with van der Waals surface area (Å²) in [4.78, 5) is 15.6. The van der Waals surface area contributed by atoms with Gasteiger partial charge in [-0.1, -0.05) is 24.6 Å². The van der Waals surface area contributed by atoms with Crippen molar-refractivity contribution in [3.8, 4) is 21.8 Å². The van der Waals surface area contributed by atoms with E-state index in [1.54, 1.807) is 30.5 Å². The third-order valence-electron chi connectivity index (χ3n) is 3.74. The summed E-state index contributed by atoms with van der Waals surface area (Å²) in [6.07, 6.45) is 2.53. The minimum Gasteiger partial charge on any atom is -0.445 e. The lowest BCUT2D eigenvalue weighted by Crippen LogP contribution is -1.91. The highest BCUT2D eigenvalue weighted by Crippen LogP contribution is 2.35. The molecule has 128 valence electrons. The number of carbonyl (C=O) groups is 1. The second kappa shape index (κ2) is 7.49. The largest absolute Gasteiger partial charge is 0.445 e. The van der Waals surface area contributed by atoms with Crippen LogP contribution in [0.15, 0.2) is 48.7 Å². The number of hydrogen-bond acceptors (Lipinski definition) is 5. The van der Waals surface area contributed by atoms with Crippen LogP contribution in [-0.2, 0) is 6.42 Å². The Balaban J connectivity index is 1.71. The lowest BCUT2D eigenvalue weighted by atomic mass is 10.1. The van der Waals surface area contributed by atoms with Crippen molar-refractivity contribution in [2.24, 2.45) is 0 Å². The monoisotopic (exact) mass is 353 g/mol. The van der Waals surface area contributed by atoms with Crippen LogP contribution in [0.3, 0.4) is 0 Å². The van der Waals surface area contributed by atoms with E-state index in [9.17, 15) is 4.79 Å². The van der Waals surface area contributed by atoms with Gasteiger partial charge in [0, 0.05) is 5.56 Å². The Labute approximate surface area is 151 Å². The standard InChI is InChI=1S/C20H19NO3S/c1-4-15-11-13(2)5-10-18(15)24-20-21-12-19(25-20)23-17-8-6-16(7-9-17)14(3)22/h5-12H,4H2,1-3H3. The van der Waals surface area contributed by atoms with Crippen LogP contribution in [0.25, 0.3) is 0 Å². The highest BCUT2D eigenvalue weighted by Gasteiger charge is 2.09. The molecule has 0 aliphatic carbocycles. The summed E-state index contributed by atoms with van der Waals surface area (Å²) in [5, 5.41) is 1.17. The van der Waals surface area contributed by atoms with E-state index >= 15 is 0 Å². The Morgan fingerprint density at radius 2 is 1.88 bits per heavy atom. The summed E-state index contributed by atoms with van der Waals surface area (Å²) in [6.45, 7) is 5.71. The predicted octanol–water partition coefficient (Wildman–Crippen LogP) is 5.80. The predicted molar refractivity (Wildman–Crippen MR) is 99.3 cm³/mol. The lowest BCUT2D eigenvalue weighted by molar-refractivity contribution is 0.101. The molecule has 4 nitrogen and oxygen atoms in total. The van der Waals surface area contributed by atoms with E-state index < -0.39 is 0 Å². The highest BCUT2D eigenvalue weighted by atomic mass is 32.1. The number of ketones is 1. The number of aryl methyl sites for hydroxylation is 2. The molecule has 1 heterocycles. The minimum atomic E-state index is 0.0323. The Kier molecular flexibility index (Phi) is 5.14. The Morgan fingerprint density at radius 1 is 1.12 bits per heavy atom. The fourth-order valence-electron chi connectivity index (χ4n) is 2.39. The highest BCUT2D eigenvalue weighted by molar-refractivity contribution is 7.15. The molecule has 0 atom stereocenters. The molecule has 2 aromatic carbocycles. The van der Waals surface area contributed by atoms with E-state index in [2.05, 4.69) is 24.9 Å². The zero-order valence-electron chi connectivity index (χ0n) is 14.4. The smallest absolute Gasteiger partial charge is 0.282 e. The quantitative estimate of drug-likeness (QED) is 0.525. The normalized spacial score (nSPS) is 10.5. The number of carbonyl (C=O) groups excluding carboxylic acids is 1. The van der Waals surface area contributed by atoms with Crippen molar-refractivity contribution in [1.29, 1.82) is 0 Å². The van der Waals surface area contributed by atoms with E-state index in [0.29, 0.717) is 21.6 Å². The van der Waals surface area contributed by atoms with Gasteiger partial charge in [-0.05, 0) is 67.5 Å². The van der Waals surface area contributed by atoms with Gasteiger partial charge in [-0.15, -0.1) is 0 Å². The number of rotatable bonds is 6. The van der Waals surface area contributed by atoms with Crippen LogP contribution in [0, 0.1) is 6.92 Å². The van der Waals surface area contributed by atoms with Gasteiger partial charge in [-0.3, -0.25) is 4.79 Å². The van der Waals surface area contributed by atoms with E-state index in [4.69, 9.17) is 9.47 Å². The summed E-state index contributed by atoms with van der Waals surface area (Å²) in [5.74, 6) is 1.51. The number of aromatic nitrogens is 1. The average Bonchev–Trinajstić information content (AvgIpc) is 3.04. The Hall–Kier alpha value is -2.66. The molecular weight excluding hydrogens is 334 g/mol. The van der Waals surface area contributed by atoms with E-state index in [0.717, 1.165) is 17.7 Å². The van der Waals surface area contributed by atoms with Gasteiger partial charge in [-0.2, -0.15) is 0 Å². The second-order valence-corrected chi connectivity index (χ2v) is 6.65. The van der Waals surface area contributed by atoms with Crippen LogP contribution in [0.4, 0.5) is 0 Å². The van der Waals surface area contributed by atoms with E-state index in [1.165, 1.54) is 23.8 Å². The number of benzene rings is 2. The van der Waals surface area contributed by atoms with Crippen molar-refractivity contribution in [3.05, 3.63) is 65.4 Å². The van der Waals surface area contributed by atoms with Crippen LogP contribution in [0.1, 0.15) is 35.3 Å². The van der Waals surface area contributed by atoms with Gasteiger partial charge >= 0.3 is 0 Å². The summed E-state index contributed by atoms with van der Waals surface area (Å²) in [5.41, 5.74) is 3.02. The first-order valence-electron chi connectivity index (χ1n) is 8.07. The third kappa shape index (κ3) is 4.25. The van der Waals surface area contributed by atoms with E-state index in [-0.39, 0.29) is 5.78 Å². The Bertz CT molecular complexity index is 884. The number of hydrogen-bond donors (Lipinski definition) is 0. The third-order valence-corrected chi connectivity index (χ3v) is 4.49. The first-order valence-corrected chi connectivity index (χ1v) is 8.89. The first-order chi connectivity index (χ1) is 12.0. The Morgan fingerprint density at radius 3 is 2.56 bits per heavy atom. The topological polar surface area (TPSA) is 48.4 Å². The zero-order valence-corrected chi connectivity index (χ0v) is 15.2. The molecule has 3 aromatic rings. The maximum atomic E-state index is 11.3. The van der Waals surface area contributed by atoms with Gasteiger partial charge < -0.3 is 9.47 Å². The zero-order chi connectivity index (χ0) is 17.8. The molecule has 25 heavy (non-hydrogen) atoms. The molecule has 0 radical (unpaired) electrons. The van der Waals surface area contributed by atoms with E-state index in [1.807, 2.05) is 12.1 Å². The summed E-state index contributed by atoms with van der Waals surface area (Å²) in [7, 11) is 0. The molecule has 0 saturated carbocycles. The minimum absolute atomic E-state index is 0.0323. The van der Waals surface area contributed by atoms with Crippen molar-refractivity contribution in [2.45, 2.75) is 27.2 Å². The summed E-state index contributed by atoms with van der Waals surface area (Å²) >= 11 is 1.33. The summed E-state index contributed by atoms with van der Waals surface area (Å²) < 4.78 is 11.7. The van der Waals surface area contributed by atoms with Gasteiger partial charge in [0.1, 0.15) is 11.5 Å². The molecule has 0 fully saturated rings. The van der Waals surface area contributed by atoms with Crippen LogP contribution in [0.2, 0.25) is 0 Å². The van der Waals surface area contributed by atoms with Gasteiger partial charge in [0.15, 0.2) is 5.78 Å². The molecule has 3 rings (SSSR count). The number of ether oxygens (including phenoxy) is 2. The first kappa shape index (κ1) is 17.2. The molecule has 0 unspecified atom stereocenters. The number of Topliss-reactive ketones (excluding diaryl/α,β-unsaturated/α-hetero) is 1. The molecule has 0 bridgehead atoms. The van der Waals surface area contributed by atoms with Gasteiger partial charge in [0.05, 0.1) is 6.20 Å². The molecule has 0 saturated heterocycles. The molecule has 5 heteroatoms. The molecule has 1 aromatic heterocycles. The van der Waals surface area contributed by atoms with Crippen LogP contribution >= 0.6 is 11.3 Å². The molecule has 0 N–H and O–H groups in total. The molecule has 0 aliphatic heterocycles. The van der Waals surface area contributed by atoms with Crippen molar-refractivity contribution in [2.75, 3.05) is 0 Å². The van der Waals surface area contributed by atoms with Crippen molar-refractivity contribution in [1.82, 2.24) is 4.98 Å². The van der Waals surface area contributed by atoms with Crippen LogP contribution in [0.5, 0.6) is 21.8 Å². The van der Waals surface area contributed by atoms with Crippen LogP contribution < -0.4 is 9.47 Å².